The highest BCUT2D eigenvalue weighted by Crippen LogP contribution is 2.45. The molecule has 60 heavy (non-hydrogen) atoms. The van der Waals surface area contributed by atoms with E-state index in [9.17, 15) is 37.2 Å². The van der Waals surface area contributed by atoms with Crippen LogP contribution in [-0.4, -0.2) is 126 Å². The minimum Gasteiger partial charge on any atom is -0.497 e. The highest BCUT2D eigenvalue weighted by molar-refractivity contribution is 8.00. The first kappa shape index (κ1) is 42.7. The maximum atomic E-state index is 14.6. The molecule has 6 N–H and O–H groups in total. The van der Waals surface area contributed by atoms with Gasteiger partial charge in [0.2, 0.25) is 39.5 Å². The quantitative estimate of drug-likeness (QED) is 0.0497. The lowest BCUT2D eigenvalue weighted by Gasteiger charge is -2.30. The second-order valence-corrected chi connectivity index (χ2v) is 19.0. The molecule has 1 aromatic carbocycles. The molecule has 20 heteroatoms. The van der Waals surface area contributed by atoms with Crippen molar-refractivity contribution in [2.24, 2.45) is 5.92 Å². The number of nitrogens with zero attached hydrogens (tertiary/aromatic N) is 2. The van der Waals surface area contributed by atoms with Crippen molar-refractivity contribution >= 4 is 68.1 Å². The van der Waals surface area contributed by atoms with Crippen molar-refractivity contribution in [3.63, 3.8) is 0 Å². The van der Waals surface area contributed by atoms with Crippen LogP contribution in [0.2, 0.25) is 0 Å². The largest absolute Gasteiger partial charge is 0.497 e. The van der Waals surface area contributed by atoms with Crippen LogP contribution in [0.4, 0.5) is 4.79 Å². The number of methoxy groups -OCH3 is 1. The number of nitrogens with one attached hydrogen (secondary N) is 6. The molecule has 3 aliphatic heterocycles. The number of carbonyl (C=O) groups excluding carboxylic acids is 6. The molecule has 18 nitrogen and oxygen atoms in total. The molecule has 1 aromatic heterocycles. The van der Waals surface area contributed by atoms with Crippen LogP contribution < -0.4 is 40.8 Å². The molecule has 0 spiro atoms. The van der Waals surface area contributed by atoms with Crippen molar-refractivity contribution in [2.75, 3.05) is 26.0 Å². The Bertz CT molecular complexity index is 2190. The molecule has 5 aliphatic rings. The molecule has 7 amide bonds. The zero-order valence-electron chi connectivity index (χ0n) is 33.1. The third-order valence-electron chi connectivity index (χ3n) is 11.7. The molecular formula is C40H50N8O10S2. The van der Waals surface area contributed by atoms with E-state index in [1.165, 1.54) is 11.0 Å². The number of sulfonamides is 1. The van der Waals surface area contributed by atoms with Gasteiger partial charge in [0.05, 0.1) is 31.0 Å². The van der Waals surface area contributed by atoms with E-state index in [4.69, 9.17) is 9.47 Å². The van der Waals surface area contributed by atoms with Crippen molar-refractivity contribution in [2.45, 2.75) is 97.7 Å². The van der Waals surface area contributed by atoms with Crippen LogP contribution in [-0.2, 0) is 34.0 Å². The van der Waals surface area contributed by atoms with E-state index < -0.39 is 74.5 Å². The van der Waals surface area contributed by atoms with Gasteiger partial charge in [0, 0.05) is 47.9 Å². The molecule has 2 saturated carbocycles. The van der Waals surface area contributed by atoms with Gasteiger partial charge in [-0.15, -0.1) is 6.58 Å². The molecule has 8 atom stereocenters. The summed E-state index contributed by atoms with van der Waals surface area (Å²) in [5, 5.41) is 14.9. The predicted octanol–water partition coefficient (Wildman–Crippen LogP) is 0.774. The lowest BCUT2D eigenvalue weighted by Crippen LogP contribution is -2.59. The van der Waals surface area contributed by atoms with E-state index in [2.05, 4.69) is 49.4 Å². The second kappa shape index (κ2) is 17.7. The summed E-state index contributed by atoms with van der Waals surface area (Å²) in [7, 11) is -2.40. The van der Waals surface area contributed by atoms with Gasteiger partial charge in [0.15, 0.2) is 0 Å². The van der Waals surface area contributed by atoms with Crippen LogP contribution >= 0.6 is 11.8 Å². The topological polar surface area (TPSA) is 243 Å². The molecule has 3 saturated heterocycles. The summed E-state index contributed by atoms with van der Waals surface area (Å²) >= 11 is 1.77. The number of carbonyl (C=O) groups is 6. The van der Waals surface area contributed by atoms with Crippen molar-refractivity contribution in [3.05, 3.63) is 55.8 Å². The molecule has 4 heterocycles. The van der Waals surface area contributed by atoms with Crippen LogP contribution in [0.1, 0.15) is 51.4 Å². The molecule has 7 rings (SSSR count). The van der Waals surface area contributed by atoms with Gasteiger partial charge in [-0.1, -0.05) is 19.1 Å². The third-order valence-corrected chi connectivity index (χ3v) is 15.0. The molecule has 0 bridgehead atoms. The maximum Gasteiger partial charge on any atom is 0.315 e. The Morgan fingerprint density at radius 2 is 1.93 bits per heavy atom. The maximum absolute atomic E-state index is 14.6. The number of amides is 7. The summed E-state index contributed by atoms with van der Waals surface area (Å²) in [6, 6.07) is 4.50. The van der Waals surface area contributed by atoms with Gasteiger partial charge in [0.25, 0.3) is 5.91 Å². The fourth-order valence-corrected chi connectivity index (χ4v) is 11.0. The van der Waals surface area contributed by atoms with E-state index in [1.54, 1.807) is 43.3 Å². The minimum atomic E-state index is -3.95. The van der Waals surface area contributed by atoms with Gasteiger partial charge < -0.3 is 41.0 Å². The Balaban J connectivity index is 1.08. The number of likely N-dealkylation sites (tertiary alicyclic amines) is 1. The number of fused-ring (bicyclic) bond motifs is 2. The van der Waals surface area contributed by atoms with Crippen LogP contribution in [0.5, 0.6) is 11.6 Å². The van der Waals surface area contributed by atoms with Crippen molar-refractivity contribution < 1.29 is 46.7 Å². The molecule has 2 unspecified atom stereocenters. The van der Waals surface area contributed by atoms with E-state index in [1.807, 2.05) is 6.07 Å². The Kier molecular flexibility index (Phi) is 12.6. The number of urea groups is 1. The lowest BCUT2D eigenvalue weighted by molar-refractivity contribution is -0.142. The van der Waals surface area contributed by atoms with Gasteiger partial charge in [-0.25, -0.2) is 18.2 Å². The van der Waals surface area contributed by atoms with Crippen LogP contribution in [0.3, 0.4) is 0 Å². The summed E-state index contributed by atoms with van der Waals surface area (Å²) in [5.74, 6) is -2.26. The molecular weight excluding hydrogens is 817 g/mol. The van der Waals surface area contributed by atoms with E-state index in [0.29, 0.717) is 36.8 Å². The standard InChI is InChI=1S/C40H50N8O10S2/c1-4-23-18-40(23,38(53)47-60(55,56)26-11-12-26)46-35(51)30-17-25(58-36-27-13-10-24(57-3)16-22(27)14-15-41-36)20-48(30)37(52)28(19-42-32(49)5-2)43-33(50)9-7-6-8-31-34-29(21-59-31)44-39(54)45-34/h4-5,10,13-16,23,25-26,28-31,34H,1-2,6-9,11-12,17-21H2,3H3,(H,42,49)(H,43,50)(H,46,51)(H,47,53)(H2,44,45,54)/t23?,25-,28+,29-,30+,31?,34-,40-/m1/s1. The number of ether oxygens (including phenoxy) is 2. The number of aromatic nitrogens is 1. The molecule has 2 aromatic rings. The Morgan fingerprint density at radius 3 is 2.65 bits per heavy atom. The summed E-state index contributed by atoms with van der Waals surface area (Å²) in [6.45, 7) is 6.76. The Labute approximate surface area is 351 Å². The van der Waals surface area contributed by atoms with Gasteiger partial charge in [-0.05, 0) is 67.8 Å². The zero-order valence-corrected chi connectivity index (χ0v) is 34.8. The molecule has 0 radical (unpaired) electrons. The first-order valence-corrected chi connectivity index (χ1v) is 22.6. The van der Waals surface area contributed by atoms with E-state index in [0.717, 1.165) is 23.6 Å². The summed E-state index contributed by atoms with van der Waals surface area (Å²) < 4.78 is 39.4. The highest BCUT2D eigenvalue weighted by Gasteiger charge is 2.62. The Morgan fingerprint density at radius 1 is 1.13 bits per heavy atom. The fraction of sp³-hybridized carbons (Fsp3) is 0.525. The fourth-order valence-electron chi connectivity index (χ4n) is 8.12. The van der Waals surface area contributed by atoms with Crippen LogP contribution in [0, 0.1) is 5.92 Å². The van der Waals surface area contributed by atoms with Crippen molar-refractivity contribution in [3.8, 4) is 11.6 Å². The SMILES string of the molecule is C=CC(=O)NC[C@H](NC(=O)CCCCC1SC[C@H]2NC(=O)N[C@@H]12)C(=O)N1C[C@H](Oc2nccc3cc(OC)ccc23)C[C@H]1C(=O)N[C@]1(C(=O)NS(=O)(=O)C2CC2)CC1C=C. The van der Waals surface area contributed by atoms with E-state index >= 15 is 0 Å². The Hall–Kier alpha value is -5.37. The first-order chi connectivity index (χ1) is 28.7. The predicted molar refractivity (Wildman–Crippen MR) is 221 cm³/mol. The normalized spacial score (nSPS) is 27.1. The smallest absolute Gasteiger partial charge is 0.315 e. The number of hydrogen-bond donors (Lipinski definition) is 6. The number of hydrogen-bond acceptors (Lipinski definition) is 12. The third kappa shape index (κ3) is 9.33. The van der Waals surface area contributed by atoms with Crippen LogP contribution in [0.15, 0.2) is 55.8 Å². The summed E-state index contributed by atoms with van der Waals surface area (Å²) in [4.78, 5) is 85.6. The summed E-state index contributed by atoms with van der Waals surface area (Å²) in [6.07, 6.45) is 6.20. The minimum absolute atomic E-state index is 0.0349. The number of benzene rings is 1. The number of pyridine rings is 1. The summed E-state index contributed by atoms with van der Waals surface area (Å²) in [5.41, 5.74) is -1.62. The average molecular weight is 867 g/mol. The van der Waals surface area contributed by atoms with Crippen LogP contribution in [0.25, 0.3) is 10.8 Å². The monoisotopic (exact) mass is 866 g/mol. The zero-order chi connectivity index (χ0) is 42.8. The van der Waals surface area contributed by atoms with Gasteiger partial charge in [-0.3, -0.25) is 28.7 Å². The van der Waals surface area contributed by atoms with Gasteiger partial charge in [-0.2, -0.15) is 11.8 Å². The molecule has 322 valence electrons. The van der Waals surface area contributed by atoms with Crippen molar-refractivity contribution in [1.29, 1.82) is 0 Å². The average Bonchev–Trinajstić information content (AvgIpc) is 4.10. The van der Waals surface area contributed by atoms with Gasteiger partial charge >= 0.3 is 6.03 Å². The first-order valence-electron chi connectivity index (χ1n) is 20.0. The molecule has 2 aliphatic carbocycles. The van der Waals surface area contributed by atoms with Crippen molar-refractivity contribution in [1.82, 2.24) is 41.2 Å². The number of rotatable bonds is 19. The van der Waals surface area contributed by atoms with Gasteiger partial charge in [0.1, 0.15) is 29.5 Å². The molecule has 5 fully saturated rings. The lowest BCUT2D eigenvalue weighted by atomic mass is 10.0. The number of thioether (sulfide) groups is 1. The van der Waals surface area contributed by atoms with E-state index in [-0.39, 0.29) is 61.6 Å². The number of unbranched alkanes of at least 4 members (excludes halogenated alkanes) is 1. The second-order valence-electron chi connectivity index (χ2n) is 15.8. The highest BCUT2D eigenvalue weighted by atomic mass is 32.2.